The van der Waals surface area contributed by atoms with Crippen LogP contribution in [0, 0.1) is 5.92 Å². The zero-order chi connectivity index (χ0) is 31.2. The van der Waals surface area contributed by atoms with Gasteiger partial charge in [0.05, 0.1) is 7.11 Å². The third-order valence-electron chi connectivity index (χ3n) is 6.34. The first-order chi connectivity index (χ1) is 18.1. The Morgan fingerprint density at radius 3 is 1.85 bits per heavy atom. The van der Waals surface area contributed by atoms with Crippen LogP contribution >= 0.6 is 0 Å². The topological polar surface area (TPSA) is 172 Å². The van der Waals surface area contributed by atoms with Gasteiger partial charge in [0.1, 0.15) is 34.8 Å². The second-order valence-electron chi connectivity index (χ2n) is 12.5. The van der Waals surface area contributed by atoms with Gasteiger partial charge in [0, 0.05) is 6.54 Å². The summed E-state index contributed by atoms with van der Waals surface area (Å²) in [5.41, 5.74) is -3.57. The standard InChI is InChI=1S/C27H47N5O8/c1-15(2)18(21(35)39-11)29-23(37)27(9,10)30-19(33)16(3)28-22(36)26(7,8)31-20(34)17-13-12-14-32(17)24(38)40-25(4,5)6/h15-18H,12-14H2,1-11H3,(H,28,36)(H,29,37)(H,30,33)(H,31,34)/t16-,17+,18-/m1/s1. The van der Waals surface area contributed by atoms with Crippen molar-refractivity contribution in [2.45, 2.75) is 117 Å². The molecule has 0 saturated carbocycles. The number of ether oxygens (including phenoxy) is 2. The maximum Gasteiger partial charge on any atom is 0.410 e. The highest BCUT2D eigenvalue weighted by atomic mass is 16.6. The summed E-state index contributed by atoms with van der Waals surface area (Å²) in [5, 5.41) is 10.4. The van der Waals surface area contributed by atoms with Gasteiger partial charge in [-0.25, -0.2) is 9.59 Å². The number of carbonyl (C=O) groups is 6. The van der Waals surface area contributed by atoms with Gasteiger partial charge in [-0.2, -0.15) is 0 Å². The monoisotopic (exact) mass is 569 g/mol. The van der Waals surface area contributed by atoms with Crippen LogP contribution in [0.5, 0.6) is 0 Å². The minimum atomic E-state index is -1.42. The van der Waals surface area contributed by atoms with Crippen LogP contribution in [-0.2, 0) is 33.4 Å². The molecule has 228 valence electrons. The lowest BCUT2D eigenvalue weighted by Crippen LogP contribution is -2.63. The van der Waals surface area contributed by atoms with Crippen molar-refractivity contribution < 1.29 is 38.2 Å². The SMILES string of the molecule is COC(=O)[C@H](NC(=O)C(C)(C)NC(=O)[C@@H](C)NC(=O)C(C)(C)NC(=O)[C@@H]1CCCN1C(=O)OC(C)(C)C)C(C)C. The number of hydrogen-bond acceptors (Lipinski definition) is 8. The van der Waals surface area contributed by atoms with Gasteiger partial charge in [0.2, 0.25) is 23.6 Å². The third-order valence-corrected chi connectivity index (χ3v) is 6.34. The van der Waals surface area contributed by atoms with Crippen molar-refractivity contribution in [3.05, 3.63) is 0 Å². The van der Waals surface area contributed by atoms with Crippen molar-refractivity contribution in [3.8, 4) is 0 Å². The van der Waals surface area contributed by atoms with Gasteiger partial charge in [-0.15, -0.1) is 0 Å². The minimum Gasteiger partial charge on any atom is -0.467 e. The summed E-state index contributed by atoms with van der Waals surface area (Å²) in [6.45, 7) is 16.4. The number of likely N-dealkylation sites (tertiary alicyclic amines) is 1. The Morgan fingerprint density at radius 1 is 0.825 bits per heavy atom. The predicted octanol–water partition coefficient (Wildman–Crippen LogP) is 0.994. The molecule has 0 bridgehead atoms. The molecule has 5 amide bonds. The highest BCUT2D eigenvalue weighted by Gasteiger charge is 2.41. The summed E-state index contributed by atoms with van der Waals surface area (Å²) in [4.78, 5) is 77.6. The Morgan fingerprint density at radius 2 is 1.35 bits per heavy atom. The van der Waals surface area contributed by atoms with Crippen LogP contribution in [0.15, 0.2) is 0 Å². The lowest BCUT2D eigenvalue weighted by molar-refractivity contribution is -0.147. The van der Waals surface area contributed by atoms with Gasteiger partial charge < -0.3 is 30.7 Å². The third kappa shape index (κ3) is 9.67. The van der Waals surface area contributed by atoms with Gasteiger partial charge in [-0.1, -0.05) is 13.8 Å². The van der Waals surface area contributed by atoms with Crippen molar-refractivity contribution in [2.75, 3.05) is 13.7 Å². The molecule has 1 rings (SSSR count). The molecule has 1 fully saturated rings. The van der Waals surface area contributed by atoms with E-state index in [4.69, 9.17) is 9.47 Å². The number of esters is 1. The van der Waals surface area contributed by atoms with Crippen LogP contribution in [0.25, 0.3) is 0 Å². The summed E-state index contributed by atoms with van der Waals surface area (Å²) in [6.07, 6.45) is 0.435. The molecule has 40 heavy (non-hydrogen) atoms. The van der Waals surface area contributed by atoms with E-state index in [9.17, 15) is 28.8 Å². The fourth-order valence-corrected chi connectivity index (χ4v) is 3.89. The van der Waals surface area contributed by atoms with Crippen LogP contribution in [0.3, 0.4) is 0 Å². The average molecular weight is 570 g/mol. The number of hydrogen-bond donors (Lipinski definition) is 4. The summed E-state index contributed by atoms with van der Waals surface area (Å²) < 4.78 is 10.1. The maximum absolute atomic E-state index is 13.0. The van der Waals surface area contributed by atoms with E-state index in [2.05, 4.69) is 21.3 Å². The van der Waals surface area contributed by atoms with Crippen LogP contribution in [0.4, 0.5) is 4.79 Å². The molecule has 1 aliphatic rings. The van der Waals surface area contributed by atoms with Gasteiger partial charge in [-0.05, 0) is 74.1 Å². The first kappa shape index (κ1) is 34.6. The number of rotatable bonds is 10. The molecule has 0 aliphatic carbocycles. The highest BCUT2D eigenvalue weighted by molar-refractivity contribution is 5.98. The maximum atomic E-state index is 13.0. The van der Waals surface area contributed by atoms with E-state index in [1.54, 1.807) is 34.6 Å². The molecule has 3 atom stereocenters. The molecule has 0 aromatic rings. The number of amides is 5. The highest BCUT2D eigenvalue weighted by Crippen LogP contribution is 2.22. The molecular weight excluding hydrogens is 522 g/mol. The van der Waals surface area contributed by atoms with Crippen LogP contribution in [-0.4, -0.2) is 89.1 Å². The lowest BCUT2D eigenvalue weighted by atomic mass is 9.99. The normalized spacial score (nSPS) is 17.4. The lowest BCUT2D eigenvalue weighted by Gasteiger charge is -2.32. The van der Waals surface area contributed by atoms with E-state index in [1.165, 1.54) is 46.6 Å². The predicted molar refractivity (Wildman–Crippen MR) is 147 cm³/mol. The Labute approximate surface area is 236 Å². The van der Waals surface area contributed by atoms with Crippen molar-refractivity contribution >= 4 is 35.7 Å². The van der Waals surface area contributed by atoms with Crippen molar-refractivity contribution in [2.24, 2.45) is 5.92 Å². The fourth-order valence-electron chi connectivity index (χ4n) is 3.89. The molecular formula is C27H47N5O8. The summed E-state index contributed by atoms with van der Waals surface area (Å²) >= 11 is 0. The Balaban J connectivity index is 2.80. The van der Waals surface area contributed by atoms with E-state index in [1.807, 2.05) is 0 Å². The van der Waals surface area contributed by atoms with Gasteiger partial charge >= 0.3 is 12.1 Å². The van der Waals surface area contributed by atoms with Crippen molar-refractivity contribution in [1.29, 1.82) is 0 Å². The summed E-state index contributed by atoms with van der Waals surface area (Å²) in [5.74, 6) is -3.27. The minimum absolute atomic E-state index is 0.251. The molecule has 4 N–H and O–H groups in total. The first-order valence-electron chi connectivity index (χ1n) is 13.5. The molecule has 1 aliphatic heterocycles. The molecule has 13 heteroatoms. The fraction of sp³-hybridized carbons (Fsp3) is 0.778. The molecule has 1 heterocycles. The molecule has 0 aromatic carbocycles. The van der Waals surface area contributed by atoms with Crippen molar-refractivity contribution in [3.63, 3.8) is 0 Å². The van der Waals surface area contributed by atoms with E-state index < -0.39 is 70.5 Å². The Hall–Kier alpha value is -3.38. The molecule has 0 radical (unpaired) electrons. The average Bonchev–Trinajstić information content (AvgIpc) is 3.30. The number of nitrogens with zero attached hydrogens (tertiary/aromatic N) is 1. The Kier molecular flexibility index (Phi) is 11.5. The molecule has 13 nitrogen and oxygen atoms in total. The van der Waals surface area contributed by atoms with Gasteiger partial charge in [0.25, 0.3) is 0 Å². The molecule has 0 spiro atoms. The van der Waals surface area contributed by atoms with E-state index in [0.29, 0.717) is 19.4 Å². The van der Waals surface area contributed by atoms with E-state index >= 15 is 0 Å². The smallest absolute Gasteiger partial charge is 0.410 e. The van der Waals surface area contributed by atoms with Crippen molar-refractivity contribution in [1.82, 2.24) is 26.2 Å². The largest absolute Gasteiger partial charge is 0.467 e. The molecule has 0 aromatic heterocycles. The summed E-state index contributed by atoms with van der Waals surface area (Å²) in [6, 6.07) is -2.76. The van der Waals surface area contributed by atoms with Crippen LogP contribution in [0.2, 0.25) is 0 Å². The summed E-state index contributed by atoms with van der Waals surface area (Å²) in [7, 11) is 1.22. The first-order valence-corrected chi connectivity index (χ1v) is 13.5. The van der Waals surface area contributed by atoms with Crippen LogP contribution < -0.4 is 21.3 Å². The zero-order valence-corrected chi connectivity index (χ0v) is 25.6. The zero-order valence-electron chi connectivity index (χ0n) is 25.6. The molecule has 0 unspecified atom stereocenters. The van der Waals surface area contributed by atoms with Crippen LogP contribution in [0.1, 0.15) is 82.1 Å². The van der Waals surface area contributed by atoms with Gasteiger partial charge in [-0.3, -0.25) is 24.1 Å². The van der Waals surface area contributed by atoms with Gasteiger partial charge in [0.15, 0.2) is 0 Å². The quantitative estimate of drug-likeness (QED) is 0.282. The van der Waals surface area contributed by atoms with E-state index in [0.717, 1.165) is 0 Å². The van der Waals surface area contributed by atoms with E-state index in [-0.39, 0.29) is 5.92 Å². The number of carbonyl (C=O) groups excluding carboxylic acids is 6. The molecule has 1 saturated heterocycles. The second kappa shape index (κ2) is 13.3. The second-order valence-corrected chi connectivity index (χ2v) is 12.5. The number of methoxy groups -OCH3 is 1. The Bertz CT molecular complexity index is 986. The number of nitrogens with one attached hydrogen (secondary N) is 4.